The first-order chi connectivity index (χ1) is 6.24. The van der Waals surface area contributed by atoms with E-state index < -0.39 is 0 Å². The van der Waals surface area contributed by atoms with Crippen LogP contribution in [0.15, 0.2) is 11.6 Å². The fourth-order valence-electron chi connectivity index (χ4n) is 0.933. The Bertz CT molecular complexity index is 273. The molecule has 0 bridgehead atoms. The summed E-state index contributed by atoms with van der Waals surface area (Å²) in [5.41, 5.74) is 0.864. The van der Waals surface area contributed by atoms with Crippen LogP contribution in [0.5, 0.6) is 0 Å². The van der Waals surface area contributed by atoms with Crippen LogP contribution in [-0.4, -0.2) is 29.6 Å². The number of carbonyl (C=O) groups is 1. The van der Waals surface area contributed by atoms with Crippen molar-refractivity contribution >= 4 is 28.1 Å². The monoisotopic (exact) mass is 198 g/mol. The normalized spacial score (nSPS) is 16.2. The minimum Gasteiger partial charge on any atom is -0.377 e. The van der Waals surface area contributed by atoms with Crippen molar-refractivity contribution in [3.63, 3.8) is 0 Å². The SMILES string of the molecule is N=C(C=O)SC(=N)C1=CCOCC1. The maximum absolute atomic E-state index is 10.1. The number of carbonyl (C=O) groups excluding carboxylic acids is 1. The highest BCUT2D eigenvalue weighted by atomic mass is 32.2. The van der Waals surface area contributed by atoms with E-state index in [0.717, 1.165) is 17.3 Å². The highest BCUT2D eigenvalue weighted by Gasteiger charge is 2.11. The van der Waals surface area contributed by atoms with Crippen LogP contribution in [0.3, 0.4) is 0 Å². The molecule has 0 aromatic rings. The topological polar surface area (TPSA) is 74.0 Å². The van der Waals surface area contributed by atoms with Gasteiger partial charge >= 0.3 is 0 Å². The van der Waals surface area contributed by atoms with Gasteiger partial charge in [-0.1, -0.05) is 6.08 Å². The zero-order chi connectivity index (χ0) is 9.68. The number of hydrogen-bond donors (Lipinski definition) is 2. The Morgan fingerprint density at radius 3 is 2.92 bits per heavy atom. The van der Waals surface area contributed by atoms with E-state index in [1.165, 1.54) is 0 Å². The summed E-state index contributed by atoms with van der Waals surface area (Å²) in [7, 11) is 0. The summed E-state index contributed by atoms with van der Waals surface area (Å²) in [4.78, 5) is 10.1. The molecule has 1 rings (SSSR count). The van der Waals surface area contributed by atoms with E-state index in [0.29, 0.717) is 25.9 Å². The van der Waals surface area contributed by atoms with Gasteiger partial charge in [-0.15, -0.1) is 0 Å². The van der Waals surface area contributed by atoms with Crippen molar-refractivity contribution in [3.8, 4) is 0 Å². The Hall–Kier alpha value is -0.940. The molecule has 0 aliphatic carbocycles. The summed E-state index contributed by atoms with van der Waals surface area (Å²) < 4.78 is 5.08. The molecule has 0 fully saturated rings. The van der Waals surface area contributed by atoms with Crippen LogP contribution >= 0.6 is 11.8 Å². The molecule has 1 aliphatic heterocycles. The number of hydrogen-bond acceptors (Lipinski definition) is 5. The van der Waals surface area contributed by atoms with Gasteiger partial charge in [0.1, 0.15) is 5.04 Å². The third-order valence-corrected chi connectivity index (χ3v) is 2.36. The summed E-state index contributed by atoms with van der Waals surface area (Å²) >= 11 is 0.881. The van der Waals surface area contributed by atoms with Gasteiger partial charge < -0.3 is 4.74 Å². The smallest absolute Gasteiger partial charge is 0.174 e. The van der Waals surface area contributed by atoms with Crippen molar-refractivity contribution in [1.29, 1.82) is 10.8 Å². The first kappa shape index (κ1) is 10.1. The molecule has 1 aliphatic rings. The Balaban J connectivity index is 2.51. The molecule has 0 saturated carbocycles. The van der Waals surface area contributed by atoms with Gasteiger partial charge in [0.15, 0.2) is 6.29 Å². The van der Waals surface area contributed by atoms with Gasteiger partial charge in [-0.2, -0.15) is 0 Å². The Morgan fingerprint density at radius 1 is 1.62 bits per heavy atom. The van der Waals surface area contributed by atoms with E-state index in [-0.39, 0.29) is 10.1 Å². The molecule has 0 aromatic carbocycles. The third kappa shape index (κ3) is 3.12. The zero-order valence-electron chi connectivity index (χ0n) is 7.00. The minimum atomic E-state index is -0.127. The van der Waals surface area contributed by atoms with Crippen molar-refractivity contribution in [3.05, 3.63) is 11.6 Å². The fraction of sp³-hybridized carbons (Fsp3) is 0.375. The standard InChI is InChI=1S/C8H10N2O2S/c9-7(5-11)13-8(10)6-1-3-12-4-2-6/h1,5,9-10H,2-4H2. The first-order valence-corrected chi connectivity index (χ1v) is 4.63. The quantitative estimate of drug-likeness (QED) is 0.398. The molecular formula is C8H10N2O2S. The lowest BCUT2D eigenvalue weighted by atomic mass is 10.2. The van der Waals surface area contributed by atoms with Gasteiger partial charge in [0, 0.05) is 0 Å². The average molecular weight is 198 g/mol. The number of rotatable bonds is 2. The number of aldehydes is 1. The Labute approximate surface area is 80.4 Å². The van der Waals surface area contributed by atoms with E-state index >= 15 is 0 Å². The van der Waals surface area contributed by atoms with Gasteiger partial charge in [-0.05, 0) is 23.8 Å². The second-order valence-electron chi connectivity index (χ2n) is 2.47. The van der Waals surface area contributed by atoms with Crippen LogP contribution in [0, 0.1) is 10.8 Å². The third-order valence-electron chi connectivity index (χ3n) is 1.57. The van der Waals surface area contributed by atoms with Crippen molar-refractivity contribution < 1.29 is 9.53 Å². The van der Waals surface area contributed by atoms with Crippen LogP contribution < -0.4 is 0 Å². The van der Waals surface area contributed by atoms with Crippen LogP contribution in [0.4, 0.5) is 0 Å². The van der Waals surface area contributed by atoms with Gasteiger partial charge in [-0.3, -0.25) is 15.6 Å². The molecule has 70 valence electrons. The van der Waals surface area contributed by atoms with Crippen LogP contribution in [0.25, 0.3) is 0 Å². The highest BCUT2D eigenvalue weighted by molar-refractivity contribution is 8.28. The predicted octanol–water partition coefficient (Wildman–Crippen LogP) is 1.22. The van der Waals surface area contributed by atoms with Crippen LogP contribution in [0.1, 0.15) is 6.42 Å². The van der Waals surface area contributed by atoms with Gasteiger partial charge in [0.25, 0.3) is 0 Å². The Morgan fingerprint density at radius 2 is 2.38 bits per heavy atom. The minimum absolute atomic E-state index is 0.127. The molecule has 4 nitrogen and oxygen atoms in total. The predicted molar refractivity (Wildman–Crippen MR) is 52.6 cm³/mol. The fourth-order valence-corrected chi connectivity index (χ4v) is 1.52. The molecule has 0 unspecified atom stereocenters. The molecule has 0 saturated heterocycles. The van der Waals surface area contributed by atoms with E-state index in [9.17, 15) is 4.79 Å². The van der Waals surface area contributed by atoms with E-state index in [4.69, 9.17) is 15.6 Å². The molecule has 0 radical (unpaired) electrons. The lowest BCUT2D eigenvalue weighted by Gasteiger charge is -2.12. The Kier molecular flexibility index (Phi) is 3.85. The van der Waals surface area contributed by atoms with E-state index in [1.807, 2.05) is 6.08 Å². The van der Waals surface area contributed by atoms with Crippen LogP contribution in [-0.2, 0) is 9.53 Å². The highest BCUT2D eigenvalue weighted by Crippen LogP contribution is 2.17. The molecule has 13 heavy (non-hydrogen) atoms. The summed E-state index contributed by atoms with van der Waals surface area (Å²) in [5, 5.41) is 14.8. The molecule has 5 heteroatoms. The summed E-state index contributed by atoms with van der Waals surface area (Å²) in [6, 6.07) is 0. The number of thioether (sulfide) groups is 1. The second kappa shape index (κ2) is 4.94. The number of ether oxygens (including phenoxy) is 1. The molecule has 1 heterocycles. The van der Waals surface area contributed by atoms with Crippen molar-refractivity contribution in [2.75, 3.05) is 13.2 Å². The van der Waals surface area contributed by atoms with E-state index in [1.54, 1.807) is 0 Å². The lowest BCUT2D eigenvalue weighted by molar-refractivity contribution is -0.102. The lowest BCUT2D eigenvalue weighted by Crippen LogP contribution is -2.10. The largest absolute Gasteiger partial charge is 0.377 e. The zero-order valence-corrected chi connectivity index (χ0v) is 7.82. The van der Waals surface area contributed by atoms with Gasteiger partial charge in [-0.25, -0.2) is 0 Å². The first-order valence-electron chi connectivity index (χ1n) is 3.81. The van der Waals surface area contributed by atoms with Gasteiger partial charge in [0.05, 0.1) is 18.3 Å². The average Bonchev–Trinajstić information content (AvgIpc) is 2.19. The summed E-state index contributed by atoms with van der Waals surface area (Å²) in [5.74, 6) is 0. The van der Waals surface area contributed by atoms with Crippen molar-refractivity contribution in [2.24, 2.45) is 0 Å². The molecule has 0 atom stereocenters. The van der Waals surface area contributed by atoms with Crippen molar-refractivity contribution in [1.82, 2.24) is 0 Å². The van der Waals surface area contributed by atoms with Crippen molar-refractivity contribution in [2.45, 2.75) is 6.42 Å². The van der Waals surface area contributed by atoms with E-state index in [2.05, 4.69) is 0 Å². The second-order valence-corrected chi connectivity index (χ2v) is 3.52. The molecule has 0 amide bonds. The maximum atomic E-state index is 10.1. The summed E-state index contributed by atoms with van der Waals surface area (Å²) in [6.45, 7) is 1.13. The van der Waals surface area contributed by atoms with Crippen LogP contribution in [0.2, 0.25) is 0 Å². The van der Waals surface area contributed by atoms with Gasteiger partial charge in [0.2, 0.25) is 0 Å². The molecule has 0 spiro atoms. The maximum Gasteiger partial charge on any atom is 0.174 e. The summed E-state index contributed by atoms with van der Waals surface area (Å²) in [6.07, 6.45) is 2.95. The number of nitrogens with one attached hydrogen (secondary N) is 2. The molecule has 2 N–H and O–H groups in total. The molecular weight excluding hydrogens is 188 g/mol. The molecule has 0 aromatic heterocycles.